The van der Waals surface area contributed by atoms with Gasteiger partial charge in [0.2, 0.25) is 0 Å². The summed E-state index contributed by atoms with van der Waals surface area (Å²) >= 11 is 0. The van der Waals surface area contributed by atoms with E-state index in [-0.39, 0.29) is 6.04 Å². The quantitative estimate of drug-likeness (QED) is 0.831. The number of nitrogens with zero attached hydrogens (tertiary/aromatic N) is 1. The summed E-state index contributed by atoms with van der Waals surface area (Å²) in [6, 6.07) is 6.14. The Morgan fingerprint density at radius 2 is 2.05 bits per heavy atom. The highest BCUT2D eigenvalue weighted by atomic mass is 16.5. The molecule has 0 bridgehead atoms. The molecular weight excluding hydrogens is 252 g/mol. The highest BCUT2D eigenvalue weighted by molar-refractivity contribution is 5.48. The van der Waals surface area contributed by atoms with Crippen LogP contribution in [-0.2, 0) is 0 Å². The van der Waals surface area contributed by atoms with Gasteiger partial charge in [0.1, 0.15) is 0 Å². The first-order valence-corrected chi connectivity index (χ1v) is 7.23. The van der Waals surface area contributed by atoms with Crippen molar-refractivity contribution in [3.05, 3.63) is 23.8 Å². The van der Waals surface area contributed by atoms with Crippen LogP contribution in [0.4, 0.5) is 0 Å². The van der Waals surface area contributed by atoms with E-state index < -0.39 is 0 Å². The largest absolute Gasteiger partial charge is 0.493 e. The van der Waals surface area contributed by atoms with Crippen molar-refractivity contribution >= 4 is 0 Å². The zero-order chi connectivity index (χ0) is 14.7. The average Bonchev–Trinajstić information content (AvgIpc) is 3.14. The van der Waals surface area contributed by atoms with Crippen LogP contribution in [0.5, 0.6) is 11.5 Å². The molecule has 0 spiro atoms. The number of para-hydroxylation sites is 1. The maximum Gasteiger partial charge on any atom is 0.165 e. The Kier molecular flexibility index (Phi) is 4.89. The van der Waals surface area contributed by atoms with Crippen molar-refractivity contribution < 1.29 is 9.47 Å². The van der Waals surface area contributed by atoms with Crippen molar-refractivity contribution in [2.75, 3.05) is 34.4 Å². The fraction of sp³-hybridized carbons (Fsp3) is 0.625. The Morgan fingerprint density at radius 1 is 1.35 bits per heavy atom. The maximum atomic E-state index is 6.01. The predicted octanol–water partition coefficient (Wildman–Crippen LogP) is 2.29. The fourth-order valence-corrected chi connectivity index (χ4v) is 2.87. The molecule has 1 saturated carbocycles. The normalized spacial score (nSPS) is 22.7. The summed E-state index contributed by atoms with van der Waals surface area (Å²) in [6.07, 6.45) is 1.33. The second-order valence-electron chi connectivity index (χ2n) is 5.75. The molecule has 1 aliphatic rings. The fourth-order valence-electron chi connectivity index (χ4n) is 2.87. The second-order valence-corrected chi connectivity index (χ2v) is 5.75. The van der Waals surface area contributed by atoms with Crippen molar-refractivity contribution in [1.29, 1.82) is 0 Å². The van der Waals surface area contributed by atoms with Gasteiger partial charge in [-0.2, -0.15) is 0 Å². The summed E-state index contributed by atoms with van der Waals surface area (Å²) in [5, 5.41) is 0. The van der Waals surface area contributed by atoms with Gasteiger partial charge in [-0.05, 0) is 31.4 Å². The lowest BCUT2D eigenvalue weighted by atomic mass is 10.0. The Hall–Kier alpha value is -1.26. The molecule has 2 N–H and O–H groups in total. The van der Waals surface area contributed by atoms with Gasteiger partial charge in [-0.25, -0.2) is 0 Å². The molecule has 2 rings (SSSR count). The first-order chi connectivity index (χ1) is 9.62. The van der Waals surface area contributed by atoms with Crippen molar-refractivity contribution in [2.24, 2.45) is 17.6 Å². The molecule has 0 aromatic heterocycles. The Bertz CT molecular complexity index is 450. The van der Waals surface area contributed by atoms with Crippen LogP contribution in [0.2, 0.25) is 0 Å². The predicted molar refractivity (Wildman–Crippen MR) is 81.2 cm³/mol. The summed E-state index contributed by atoms with van der Waals surface area (Å²) in [4.78, 5) is 2.34. The van der Waals surface area contributed by atoms with E-state index in [4.69, 9.17) is 15.2 Å². The number of ether oxygens (including phenoxy) is 2. The van der Waals surface area contributed by atoms with E-state index in [1.807, 2.05) is 12.1 Å². The number of methoxy groups -OCH3 is 2. The number of likely N-dealkylation sites (N-methyl/N-ethyl adjacent to an activating group) is 1. The molecule has 1 aromatic carbocycles. The first kappa shape index (κ1) is 15.1. The Labute approximate surface area is 121 Å². The van der Waals surface area contributed by atoms with Gasteiger partial charge in [-0.3, -0.25) is 4.90 Å². The van der Waals surface area contributed by atoms with Gasteiger partial charge in [0.15, 0.2) is 11.5 Å². The molecule has 0 amide bonds. The molecule has 3 atom stereocenters. The third kappa shape index (κ3) is 3.07. The summed E-state index contributed by atoms with van der Waals surface area (Å²) in [6.45, 7) is 3.96. The minimum absolute atomic E-state index is 0.160. The standard InChI is InChI=1S/C16H26N2O2/c1-11-8-12(11)10-18(2)14(9-17)13-6-5-7-15(19-3)16(13)20-4/h5-7,11-12,14H,8-10,17H2,1-4H3. The van der Waals surface area contributed by atoms with E-state index >= 15 is 0 Å². The minimum atomic E-state index is 0.160. The zero-order valence-electron chi connectivity index (χ0n) is 12.9. The van der Waals surface area contributed by atoms with Crippen LogP contribution in [0.25, 0.3) is 0 Å². The van der Waals surface area contributed by atoms with E-state index in [2.05, 4.69) is 24.9 Å². The van der Waals surface area contributed by atoms with Crippen molar-refractivity contribution in [3.63, 3.8) is 0 Å². The van der Waals surface area contributed by atoms with Crippen LogP contribution in [0, 0.1) is 11.8 Å². The highest BCUT2D eigenvalue weighted by Crippen LogP contribution is 2.41. The molecule has 4 nitrogen and oxygen atoms in total. The number of benzene rings is 1. The van der Waals surface area contributed by atoms with E-state index in [0.717, 1.165) is 35.4 Å². The van der Waals surface area contributed by atoms with Crippen molar-refractivity contribution in [2.45, 2.75) is 19.4 Å². The topological polar surface area (TPSA) is 47.7 Å². The minimum Gasteiger partial charge on any atom is -0.493 e. The third-order valence-electron chi connectivity index (χ3n) is 4.35. The molecule has 1 fully saturated rings. The van der Waals surface area contributed by atoms with E-state index in [9.17, 15) is 0 Å². The smallest absolute Gasteiger partial charge is 0.165 e. The molecule has 1 aromatic rings. The molecule has 0 saturated heterocycles. The Balaban J connectivity index is 2.21. The molecule has 112 valence electrons. The summed E-state index contributed by atoms with van der Waals surface area (Å²) in [7, 11) is 5.48. The lowest BCUT2D eigenvalue weighted by Gasteiger charge is -2.29. The second kappa shape index (κ2) is 6.46. The van der Waals surface area contributed by atoms with Crippen LogP contribution in [0.15, 0.2) is 18.2 Å². The van der Waals surface area contributed by atoms with Gasteiger partial charge in [0.05, 0.1) is 20.3 Å². The number of rotatable bonds is 7. The molecule has 1 aliphatic carbocycles. The average molecular weight is 278 g/mol. The molecule has 0 heterocycles. The van der Waals surface area contributed by atoms with Crippen molar-refractivity contribution in [1.82, 2.24) is 4.90 Å². The molecule has 3 unspecified atom stereocenters. The first-order valence-electron chi connectivity index (χ1n) is 7.23. The van der Waals surface area contributed by atoms with E-state index in [1.54, 1.807) is 14.2 Å². The van der Waals surface area contributed by atoms with Crippen LogP contribution in [0.3, 0.4) is 0 Å². The van der Waals surface area contributed by atoms with Gasteiger partial charge in [-0.15, -0.1) is 0 Å². The van der Waals surface area contributed by atoms with Crippen LogP contribution < -0.4 is 15.2 Å². The molecule has 0 aliphatic heterocycles. The van der Waals surface area contributed by atoms with Gasteiger partial charge < -0.3 is 15.2 Å². The van der Waals surface area contributed by atoms with Gasteiger partial charge in [0.25, 0.3) is 0 Å². The number of nitrogens with two attached hydrogens (primary N) is 1. The zero-order valence-corrected chi connectivity index (χ0v) is 12.9. The number of hydrogen-bond donors (Lipinski definition) is 1. The molecule has 0 radical (unpaired) electrons. The van der Waals surface area contributed by atoms with Gasteiger partial charge in [-0.1, -0.05) is 19.1 Å². The van der Waals surface area contributed by atoms with Crippen LogP contribution in [0.1, 0.15) is 24.9 Å². The van der Waals surface area contributed by atoms with Crippen LogP contribution >= 0.6 is 0 Å². The third-order valence-corrected chi connectivity index (χ3v) is 4.35. The lowest BCUT2D eigenvalue weighted by molar-refractivity contribution is 0.230. The summed E-state index contributed by atoms with van der Waals surface area (Å²) < 4.78 is 10.9. The monoisotopic (exact) mass is 278 g/mol. The maximum absolute atomic E-state index is 6.01. The molecule has 20 heavy (non-hydrogen) atoms. The van der Waals surface area contributed by atoms with Crippen molar-refractivity contribution in [3.8, 4) is 11.5 Å². The van der Waals surface area contributed by atoms with Crippen LogP contribution in [-0.4, -0.2) is 39.3 Å². The van der Waals surface area contributed by atoms with Gasteiger partial charge in [0, 0.05) is 18.7 Å². The van der Waals surface area contributed by atoms with E-state index in [1.165, 1.54) is 6.42 Å². The Morgan fingerprint density at radius 3 is 2.55 bits per heavy atom. The molecule has 4 heteroatoms. The summed E-state index contributed by atoms with van der Waals surface area (Å²) in [5.41, 5.74) is 7.12. The highest BCUT2D eigenvalue weighted by Gasteiger charge is 2.35. The van der Waals surface area contributed by atoms with Gasteiger partial charge >= 0.3 is 0 Å². The summed E-state index contributed by atoms with van der Waals surface area (Å²) in [5.74, 6) is 3.21. The van der Waals surface area contributed by atoms with E-state index in [0.29, 0.717) is 6.54 Å². The SMILES string of the molecule is COc1cccc(C(CN)N(C)CC2CC2C)c1OC. The lowest BCUT2D eigenvalue weighted by Crippen LogP contribution is -2.32. The molecular formula is C16H26N2O2. The number of hydrogen-bond acceptors (Lipinski definition) is 4.